The number of pyridine rings is 1. The maximum Gasteiger partial charge on any atom is 0.0956 e. The van der Waals surface area contributed by atoms with Crippen LogP contribution < -0.4 is 0 Å². The van der Waals surface area contributed by atoms with Gasteiger partial charge in [0.05, 0.1) is 17.7 Å². The first-order valence-corrected chi connectivity index (χ1v) is 6.44. The quantitative estimate of drug-likeness (QED) is 0.809. The first-order chi connectivity index (χ1) is 8.75. The van der Waals surface area contributed by atoms with Crippen LogP contribution in [0.4, 0.5) is 0 Å². The second kappa shape index (κ2) is 4.53. The summed E-state index contributed by atoms with van der Waals surface area (Å²) in [5.74, 6) is 0. The summed E-state index contributed by atoms with van der Waals surface area (Å²) in [6.45, 7) is 7.62. The number of fused-ring (bicyclic) bond motifs is 1. The van der Waals surface area contributed by atoms with Gasteiger partial charge in [0, 0.05) is 43.6 Å². The largest absolute Gasteiger partial charge is 0.332 e. The normalized spacial score (nSPS) is 15.9. The fraction of sp³-hybridized carbons (Fsp3) is 0.429. The van der Waals surface area contributed by atoms with Crippen LogP contribution in [-0.4, -0.2) is 32.0 Å². The van der Waals surface area contributed by atoms with E-state index < -0.39 is 0 Å². The Morgan fingerprint density at radius 1 is 1.17 bits per heavy atom. The van der Waals surface area contributed by atoms with Crippen molar-refractivity contribution in [3.05, 3.63) is 36.5 Å². The van der Waals surface area contributed by atoms with E-state index in [1.165, 1.54) is 5.69 Å². The Balaban J connectivity index is 1.98. The molecule has 0 N–H and O–H groups in total. The van der Waals surface area contributed by atoms with E-state index in [1.54, 1.807) is 0 Å². The summed E-state index contributed by atoms with van der Waals surface area (Å²) in [7, 11) is 0. The lowest BCUT2D eigenvalue weighted by Gasteiger charge is -2.31. The number of hydrogen-bond donors (Lipinski definition) is 0. The van der Waals surface area contributed by atoms with Gasteiger partial charge in [0.1, 0.15) is 0 Å². The van der Waals surface area contributed by atoms with Crippen molar-refractivity contribution in [3.8, 4) is 11.3 Å². The molecule has 1 aliphatic heterocycles. The van der Waals surface area contributed by atoms with Crippen molar-refractivity contribution in [1.29, 1.82) is 0 Å². The van der Waals surface area contributed by atoms with E-state index in [-0.39, 0.29) is 0 Å². The Kier molecular flexibility index (Phi) is 2.88. The van der Waals surface area contributed by atoms with Gasteiger partial charge in [0.25, 0.3) is 0 Å². The van der Waals surface area contributed by atoms with E-state index in [2.05, 4.69) is 33.3 Å². The van der Waals surface area contributed by atoms with Crippen molar-refractivity contribution in [3.63, 3.8) is 0 Å². The number of imidazole rings is 1. The van der Waals surface area contributed by atoms with Crippen molar-refractivity contribution in [2.24, 2.45) is 0 Å². The molecule has 3 heterocycles. The van der Waals surface area contributed by atoms with Crippen LogP contribution in [0.3, 0.4) is 0 Å². The summed E-state index contributed by atoms with van der Waals surface area (Å²) in [6, 6.07) is 4.63. The van der Waals surface area contributed by atoms with E-state index >= 15 is 0 Å². The lowest BCUT2D eigenvalue weighted by Crippen LogP contribution is -2.38. The zero-order chi connectivity index (χ0) is 12.5. The lowest BCUT2D eigenvalue weighted by atomic mass is 10.1. The topological polar surface area (TPSA) is 34.0 Å². The van der Waals surface area contributed by atoms with Gasteiger partial charge in [-0.3, -0.25) is 9.88 Å². The highest BCUT2D eigenvalue weighted by Crippen LogP contribution is 2.25. The third kappa shape index (κ3) is 1.93. The van der Waals surface area contributed by atoms with E-state index in [1.807, 2.05) is 30.9 Å². The molecule has 0 bridgehead atoms. The minimum atomic E-state index is 0.582. The molecular formula is C14H18N4. The number of aromatic nitrogens is 3. The van der Waals surface area contributed by atoms with E-state index in [0.29, 0.717) is 6.04 Å². The van der Waals surface area contributed by atoms with Gasteiger partial charge >= 0.3 is 0 Å². The summed E-state index contributed by atoms with van der Waals surface area (Å²) in [5.41, 5.74) is 3.58. The van der Waals surface area contributed by atoms with Crippen LogP contribution in [-0.2, 0) is 13.1 Å². The zero-order valence-corrected chi connectivity index (χ0v) is 10.9. The summed E-state index contributed by atoms with van der Waals surface area (Å²) < 4.78 is 2.27. The van der Waals surface area contributed by atoms with Gasteiger partial charge in [-0.2, -0.15) is 0 Å². The summed E-state index contributed by atoms with van der Waals surface area (Å²) in [4.78, 5) is 11.1. The molecule has 18 heavy (non-hydrogen) atoms. The van der Waals surface area contributed by atoms with E-state index in [9.17, 15) is 0 Å². The van der Waals surface area contributed by atoms with Gasteiger partial charge in [-0.25, -0.2) is 4.98 Å². The van der Waals surface area contributed by atoms with Gasteiger partial charge < -0.3 is 4.57 Å². The molecule has 4 heteroatoms. The molecule has 94 valence electrons. The molecule has 0 unspecified atom stereocenters. The molecule has 2 aromatic rings. The molecule has 0 radical (unpaired) electrons. The molecular weight excluding hydrogens is 224 g/mol. The van der Waals surface area contributed by atoms with Crippen LogP contribution in [0.15, 0.2) is 30.9 Å². The Morgan fingerprint density at radius 3 is 2.67 bits per heavy atom. The van der Waals surface area contributed by atoms with Crippen molar-refractivity contribution < 1.29 is 0 Å². The van der Waals surface area contributed by atoms with Crippen LogP contribution in [0.5, 0.6) is 0 Å². The highest BCUT2D eigenvalue weighted by Gasteiger charge is 2.22. The smallest absolute Gasteiger partial charge is 0.0956 e. The molecule has 0 saturated carbocycles. The fourth-order valence-corrected chi connectivity index (χ4v) is 2.47. The standard InChI is InChI=1S/C14H18N4/c1-11(2)17-7-8-18-10-16-14(13(18)9-17)12-3-5-15-6-4-12/h3-6,10-11H,7-9H2,1-2H3. The maximum absolute atomic E-state index is 4.57. The lowest BCUT2D eigenvalue weighted by molar-refractivity contribution is 0.177. The summed E-state index contributed by atoms with van der Waals surface area (Å²) in [6.07, 6.45) is 5.61. The molecule has 2 aromatic heterocycles. The monoisotopic (exact) mass is 242 g/mol. The first-order valence-electron chi connectivity index (χ1n) is 6.44. The third-order valence-electron chi connectivity index (χ3n) is 3.61. The second-order valence-electron chi connectivity index (χ2n) is 5.03. The number of nitrogens with zero attached hydrogens (tertiary/aromatic N) is 4. The number of rotatable bonds is 2. The van der Waals surface area contributed by atoms with E-state index in [4.69, 9.17) is 0 Å². The SMILES string of the molecule is CC(C)N1CCn2cnc(-c3ccncc3)c2C1. The zero-order valence-electron chi connectivity index (χ0n) is 10.9. The van der Waals surface area contributed by atoms with Gasteiger partial charge in [-0.05, 0) is 26.0 Å². The van der Waals surface area contributed by atoms with Crippen molar-refractivity contribution >= 4 is 0 Å². The van der Waals surface area contributed by atoms with Gasteiger partial charge in [0.2, 0.25) is 0 Å². The second-order valence-corrected chi connectivity index (χ2v) is 5.03. The molecule has 3 rings (SSSR count). The summed E-state index contributed by atoms with van der Waals surface area (Å²) >= 11 is 0. The third-order valence-corrected chi connectivity index (χ3v) is 3.61. The average molecular weight is 242 g/mol. The minimum Gasteiger partial charge on any atom is -0.332 e. The predicted molar refractivity (Wildman–Crippen MR) is 71.0 cm³/mol. The Bertz CT molecular complexity index is 530. The molecule has 0 fully saturated rings. The van der Waals surface area contributed by atoms with Crippen LogP contribution in [0.25, 0.3) is 11.3 Å². The Labute approximate surface area is 107 Å². The van der Waals surface area contributed by atoms with Crippen LogP contribution >= 0.6 is 0 Å². The number of hydrogen-bond acceptors (Lipinski definition) is 3. The molecule has 0 aliphatic carbocycles. The average Bonchev–Trinajstić information content (AvgIpc) is 2.82. The van der Waals surface area contributed by atoms with Gasteiger partial charge in [-0.15, -0.1) is 0 Å². The molecule has 0 atom stereocenters. The van der Waals surface area contributed by atoms with Crippen LogP contribution in [0.2, 0.25) is 0 Å². The van der Waals surface area contributed by atoms with Crippen molar-refractivity contribution in [1.82, 2.24) is 19.4 Å². The van der Waals surface area contributed by atoms with E-state index in [0.717, 1.165) is 30.9 Å². The van der Waals surface area contributed by atoms with Crippen LogP contribution in [0.1, 0.15) is 19.5 Å². The highest BCUT2D eigenvalue weighted by atomic mass is 15.2. The van der Waals surface area contributed by atoms with Crippen molar-refractivity contribution in [2.45, 2.75) is 33.0 Å². The highest BCUT2D eigenvalue weighted by molar-refractivity contribution is 5.61. The van der Waals surface area contributed by atoms with Gasteiger partial charge in [0.15, 0.2) is 0 Å². The molecule has 4 nitrogen and oxygen atoms in total. The predicted octanol–water partition coefficient (Wildman–Crippen LogP) is 2.17. The van der Waals surface area contributed by atoms with Crippen molar-refractivity contribution in [2.75, 3.05) is 6.54 Å². The Morgan fingerprint density at radius 2 is 1.94 bits per heavy atom. The summed E-state index contributed by atoms with van der Waals surface area (Å²) in [5, 5.41) is 0. The molecule has 0 saturated heterocycles. The Hall–Kier alpha value is -1.68. The molecule has 1 aliphatic rings. The fourth-order valence-electron chi connectivity index (χ4n) is 2.47. The molecule has 0 amide bonds. The molecule has 0 aromatic carbocycles. The van der Waals surface area contributed by atoms with Crippen LogP contribution in [0, 0.1) is 0 Å². The molecule has 0 spiro atoms. The van der Waals surface area contributed by atoms with Gasteiger partial charge in [-0.1, -0.05) is 0 Å². The first kappa shape index (κ1) is 11.4. The minimum absolute atomic E-state index is 0.582. The maximum atomic E-state index is 4.57.